The number of nitrogens with one attached hydrogen (secondary N) is 3. The first-order valence-electron chi connectivity index (χ1n) is 5.11. The van der Waals surface area contributed by atoms with E-state index in [1.807, 2.05) is 0 Å². The molecule has 2 aliphatic heterocycles. The van der Waals surface area contributed by atoms with Gasteiger partial charge >= 0.3 is 0 Å². The van der Waals surface area contributed by atoms with Crippen molar-refractivity contribution < 1.29 is 4.79 Å². The molecular weight excluding hydrogens is 166 g/mol. The molecule has 0 aromatic rings. The zero-order valence-electron chi connectivity index (χ0n) is 7.81. The first-order valence-corrected chi connectivity index (χ1v) is 5.11. The van der Waals surface area contributed by atoms with Crippen LogP contribution in [0.4, 0.5) is 0 Å². The van der Waals surface area contributed by atoms with Crippen molar-refractivity contribution in [3.8, 4) is 0 Å². The van der Waals surface area contributed by atoms with Crippen LogP contribution in [0.2, 0.25) is 0 Å². The van der Waals surface area contributed by atoms with Gasteiger partial charge in [-0.2, -0.15) is 0 Å². The minimum absolute atomic E-state index is 0.0700. The summed E-state index contributed by atoms with van der Waals surface area (Å²) in [6.07, 6.45) is 3.19. The maximum absolute atomic E-state index is 11.6. The molecule has 2 fully saturated rings. The molecule has 2 saturated heterocycles. The van der Waals surface area contributed by atoms with E-state index in [0.29, 0.717) is 6.04 Å². The second-order valence-corrected chi connectivity index (χ2v) is 3.85. The molecule has 1 unspecified atom stereocenters. The Labute approximate surface area is 78.5 Å². The van der Waals surface area contributed by atoms with Crippen LogP contribution in [0.15, 0.2) is 0 Å². The number of carbonyl (C=O) groups is 1. The number of amides is 1. The molecule has 3 N–H and O–H groups in total. The van der Waals surface area contributed by atoms with Crippen molar-refractivity contribution in [2.75, 3.05) is 19.6 Å². The van der Waals surface area contributed by atoms with E-state index >= 15 is 0 Å². The predicted octanol–water partition coefficient (Wildman–Crippen LogP) is -0.783. The van der Waals surface area contributed by atoms with Crippen molar-refractivity contribution in [1.82, 2.24) is 16.0 Å². The number of carbonyl (C=O) groups excluding carboxylic acids is 1. The maximum Gasteiger partial charge on any atom is 0.237 e. The molecular formula is C9H17N3O. The van der Waals surface area contributed by atoms with Gasteiger partial charge in [-0.15, -0.1) is 0 Å². The quantitative estimate of drug-likeness (QED) is 0.526. The summed E-state index contributed by atoms with van der Waals surface area (Å²) >= 11 is 0. The van der Waals surface area contributed by atoms with Gasteiger partial charge in [0.05, 0.1) is 6.04 Å². The lowest BCUT2D eigenvalue weighted by molar-refractivity contribution is -0.123. The zero-order valence-corrected chi connectivity index (χ0v) is 7.81. The number of hydrogen-bond acceptors (Lipinski definition) is 3. The molecule has 0 spiro atoms. The molecule has 0 aromatic heterocycles. The smallest absolute Gasteiger partial charge is 0.237 e. The normalized spacial score (nSPS) is 33.5. The van der Waals surface area contributed by atoms with E-state index in [1.165, 1.54) is 0 Å². The third-order valence-electron chi connectivity index (χ3n) is 2.78. The van der Waals surface area contributed by atoms with Crippen LogP contribution in [-0.4, -0.2) is 37.6 Å². The van der Waals surface area contributed by atoms with Gasteiger partial charge in [0.2, 0.25) is 5.91 Å². The van der Waals surface area contributed by atoms with Crippen molar-refractivity contribution in [3.05, 3.63) is 0 Å². The number of rotatable bonds is 2. The third kappa shape index (κ3) is 2.19. The van der Waals surface area contributed by atoms with E-state index in [4.69, 9.17) is 0 Å². The van der Waals surface area contributed by atoms with Gasteiger partial charge in [-0.05, 0) is 32.4 Å². The molecule has 0 bridgehead atoms. The van der Waals surface area contributed by atoms with Crippen LogP contribution in [0.1, 0.15) is 19.3 Å². The van der Waals surface area contributed by atoms with Gasteiger partial charge in [-0.1, -0.05) is 0 Å². The highest BCUT2D eigenvalue weighted by Gasteiger charge is 2.25. The van der Waals surface area contributed by atoms with Crippen molar-refractivity contribution in [2.45, 2.75) is 31.3 Å². The van der Waals surface area contributed by atoms with Crippen LogP contribution in [0.25, 0.3) is 0 Å². The maximum atomic E-state index is 11.6. The SMILES string of the molecule is O=C(N[C@H]1CCNC1)C1CCCN1. The molecule has 0 aromatic carbocycles. The van der Waals surface area contributed by atoms with Gasteiger partial charge in [0.15, 0.2) is 0 Å². The monoisotopic (exact) mass is 183 g/mol. The van der Waals surface area contributed by atoms with Gasteiger partial charge in [-0.3, -0.25) is 4.79 Å². The topological polar surface area (TPSA) is 53.2 Å². The van der Waals surface area contributed by atoms with Gasteiger partial charge in [0.25, 0.3) is 0 Å². The van der Waals surface area contributed by atoms with Crippen LogP contribution in [0.3, 0.4) is 0 Å². The lowest BCUT2D eigenvalue weighted by Crippen LogP contribution is -2.45. The molecule has 0 radical (unpaired) electrons. The second kappa shape index (κ2) is 4.07. The van der Waals surface area contributed by atoms with Gasteiger partial charge < -0.3 is 16.0 Å². The van der Waals surface area contributed by atoms with E-state index in [1.54, 1.807) is 0 Å². The third-order valence-corrected chi connectivity index (χ3v) is 2.78. The van der Waals surface area contributed by atoms with Gasteiger partial charge in [0.1, 0.15) is 0 Å². The fourth-order valence-electron chi connectivity index (χ4n) is 1.99. The molecule has 0 aliphatic carbocycles. The zero-order chi connectivity index (χ0) is 9.10. The summed E-state index contributed by atoms with van der Waals surface area (Å²) in [5, 5.41) is 9.49. The first kappa shape index (κ1) is 8.97. The molecule has 2 rings (SSSR count). The van der Waals surface area contributed by atoms with Crippen LogP contribution >= 0.6 is 0 Å². The van der Waals surface area contributed by atoms with Gasteiger partial charge in [0, 0.05) is 12.6 Å². The lowest BCUT2D eigenvalue weighted by atomic mass is 10.2. The molecule has 2 atom stereocenters. The minimum atomic E-state index is 0.0700. The van der Waals surface area contributed by atoms with Crippen molar-refractivity contribution in [1.29, 1.82) is 0 Å². The molecule has 13 heavy (non-hydrogen) atoms. The van der Waals surface area contributed by atoms with E-state index in [-0.39, 0.29) is 11.9 Å². The molecule has 0 saturated carbocycles. The van der Waals surface area contributed by atoms with E-state index in [2.05, 4.69) is 16.0 Å². The van der Waals surface area contributed by atoms with E-state index < -0.39 is 0 Å². The standard InChI is InChI=1S/C9H17N3O/c13-9(8-2-1-4-11-8)12-7-3-5-10-6-7/h7-8,10-11H,1-6H2,(H,12,13)/t7-,8?/m0/s1. The highest BCUT2D eigenvalue weighted by atomic mass is 16.2. The summed E-state index contributed by atoms with van der Waals surface area (Å²) in [5.74, 6) is 0.186. The Bertz CT molecular complexity index is 183. The first-order chi connectivity index (χ1) is 6.36. The highest BCUT2D eigenvalue weighted by Crippen LogP contribution is 2.06. The molecule has 4 nitrogen and oxygen atoms in total. The van der Waals surface area contributed by atoms with Crippen LogP contribution in [0, 0.1) is 0 Å². The molecule has 74 valence electrons. The van der Waals surface area contributed by atoms with Crippen LogP contribution < -0.4 is 16.0 Å². The predicted molar refractivity (Wildman–Crippen MR) is 50.4 cm³/mol. The lowest BCUT2D eigenvalue weighted by Gasteiger charge is -2.15. The van der Waals surface area contributed by atoms with Crippen LogP contribution in [-0.2, 0) is 4.79 Å². The average Bonchev–Trinajstić information content (AvgIpc) is 2.74. The van der Waals surface area contributed by atoms with E-state index in [0.717, 1.165) is 38.9 Å². The summed E-state index contributed by atoms with van der Waals surface area (Å²) in [5.41, 5.74) is 0. The summed E-state index contributed by atoms with van der Waals surface area (Å²) in [4.78, 5) is 11.6. The highest BCUT2D eigenvalue weighted by molar-refractivity contribution is 5.82. The summed E-state index contributed by atoms with van der Waals surface area (Å²) in [6.45, 7) is 2.95. The van der Waals surface area contributed by atoms with Crippen molar-refractivity contribution in [3.63, 3.8) is 0 Å². The van der Waals surface area contributed by atoms with E-state index in [9.17, 15) is 4.79 Å². The summed E-state index contributed by atoms with van der Waals surface area (Å²) in [7, 11) is 0. The molecule has 4 heteroatoms. The van der Waals surface area contributed by atoms with Gasteiger partial charge in [-0.25, -0.2) is 0 Å². The number of hydrogen-bond donors (Lipinski definition) is 3. The Morgan fingerprint density at radius 1 is 1.31 bits per heavy atom. The average molecular weight is 183 g/mol. The molecule has 2 aliphatic rings. The Morgan fingerprint density at radius 3 is 2.85 bits per heavy atom. The Hall–Kier alpha value is -0.610. The summed E-state index contributed by atoms with van der Waals surface area (Å²) in [6, 6.07) is 0.426. The van der Waals surface area contributed by atoms with Crippen molar-refractivity contribution in [2.24, 2.45) is 0 Å². The largest absolute Gasteiger partial charge is 0.351 e. The Balaban J connectivity index is 1.76. The minimum Gasteiger partial charge on any atom is -0.351 e. The fourth-order valence-corrected chi connectivity index (χ4v) is 1.99. The summed E-state index contributed by atoms with van der Waals surface area (Å²) < 4.78 is 0. The van der Waals surface area contributed by atoms with Crippen molar-refractivity contribution >= 4 is 5.91 Å². The van der Waals surface area contributed by atoms with Crippen LogP contribution in [0.5, 0.6) is 0 Å². The Morgan fingerprint density at radius 2 is 2.23 bits per heavy atom. The Kier molecular flexibility index (Phi) is 2.80. The second-order valence-electron chi connectivity index (χ2n) is 3.85. The fraction of sp³-hybridized carbons (Fsp3) is 0.889. The molecule has 2 heterocycles. The molecule has 1 amide bonds.